The van der Waals surface area contributed by atoms with Crippen molar-refractivity contribution < 1.29 is 13.2 Å². The van der Waals surface area contributed by atoms with Gasteiger partial charge in [0.15, 0.2) is 0 Å². The van der Waals surface area contributed by atoms with Crippen molar-refractivity contribution in [1.82, 2.24) is 5.43 Å². The predicted octanol–water partition coefficient (Wildman–Crippen LogP) is 4.06. The first-order valence-corrected chi connectivity index (χ1v) is 11.1. The maximum absolute atomic E-state index is 12.3. The Morgan fingerprint density at radius 3 is 2.52 bits per heavy atom. The molecule has 0 aromatic heterocycles. The average Bonchev–Trinajstić information content (AvgIpc) is 2.68. The molecule has 9 heteroatoms. The van der Waals surface area contributed by atoms with E-state index < -0.39 is 22.5 Å². The van der Waals surface area contributed by atoms with Crippen LogP contribution >= 0.6 is 23.2 Å². The summed E-state index contributed by atoms with van der Waals surface area (Å²) in [6.07, 6.45) is 2.49. The quantitative estimate of drug-likeness (QED) is 0.455. The molecule has 29 heavy (non-hydrogen) atoms. The van der Waals surface area contributed by atoms with E-state index in [2.05, 4.69) is 10.5 Å². The summed E-state index contributed by atoms with van der Waals surface area (Å²) in [6.45, 7) is -0.494. The SMILES string of the molecule is CS(=O)(=O)N(CC(=O)N/N=C\c1cccc2ccccc12)c1cccc(Cl)c1Cl. The molecule has 0 aliphatic rings. The van der Waals surface area contributed by atoms with E-state index in [1.807, 2.05) is 42.5 Å². The van der Waals surface area contributed by atoms with E-state index in [4.69, 9.17) is 23.2 Å². The Hall–Kier alpha value is -2.61. The number of nitrogens with zero attached hydrogens (tertiary/aromatic N) is 2. The number of hydrogen-bond donors (Lipinski definition) is 1. The van der Waals surface area contributed by atoms with Gasteiger partial charge in [0.25, 0.3) is 5.91 Å². The lowest BCUT2D eigenvalue weighted by Crippen LogP contribution is -2.39. The third-order valence-corrected chi connectivity index (χ3v) is 6.04. The van der Waals surface area contributed by atoms with Gasteiger partial charge in [-0.15, -0.1) is 0 Å². The topological polar surface area (TPSA) is 78.8 Å². The number of sulfonamides is 1. The van der Waals surface area contributed by atoms with Crippen molar-refractivity contribution in [3.8, 4) is 0 Å². The minimum atomic E-state index is -3.78. The number of benzene rings is 3. The molecule has 0 spiro atoms. The number of carbonyl (C=O) groups is 1. The Balaban J connectivity index is 1.77. The van der Waals surface area contributed by atoms with Crippen LogP contribution in [-0.2, 0) is 14.8 Å². The van der Waals surface area contributed by atoms with Crippen LogP contribution in [0.1, 0.15) is 5.56 Å². The second-order valence-corrected chi connectivity index (χ2v) is 8.90. The molecule has 0 fully saturated rings. The maximum Gasteiger partial charge on any atom is 0.260 e. The van der Waals surface area contributed by atoms with E-state index >= 15 is 0 Å². The van der Waals surface area contributed by atoms with Crippen LogP contribution in [0.2, 0.25) is 10.0 Å². The van der Waals surface area contributed by atoms with Crippen LogP contribution in [0, 0.1) is 0 Å². The largest absolute Gasteiger partial charge is 0.271 e. The third kappa shape index (κ3) is 5.06. The second-order valence-electron chi connectivity index (χ2n) is 6.20. The van der Waals surface area contributed by atoms with Gasteiger partial charge < -0.3 is 0 Å². The van der Waals surface area contributed by atoms with Gasteiger partial charge in [-0.1, -0.05) is 71.7 Å². The maximum atomic E-state index is 12.3. The van der Waals surface area contributed by atoms with Crippen LogP contribution in [0.5, 0.6) is 0 Å². The lowest BCUT2D eigenvalue weighted by molar-refractivity contribution is -0.119. The van der Waals surface area contributed by atoms with Crippen LogP contribution in [-0.4, -0.2) is 33.3 Å². The van der Waals surface area contributed by atoms with Crippen LogP contribution in [0.15, 0.2) is 65.8 Å². The number of anilines is 1. The van der Waals surface area contributed by atoms with Crippen molar-refractivity contribution in [3.05, 3.63) is 76.3 Å². The Bertz CT molecular complexity index is 1190. The fourth-order valence-electron chi connectivity index (χ4n) is 2.77. The molecule has 3 aromatic rings. The number of nitrogens with one attached hydrogen (secondary N) is 1. The summed E-state index contributed by atoms with van der Waals surface area (Å²) in [6, 6.07) is 18.1. The van der Waals surface area contributed by atoms with Gasteiger partial charge in [0.05, 0.1) is 28.2 Å². The standard InChI is InChI=1S/C20H17Cl2N3O3S/c1-29(27,28)25(18-11-5-10-17(21)20(18)22)13-19(26)24-23-12-15-8-4-7-14-6-2-3-9-16(14)15/h2-12H,13H2,1H3,(H,24,26)/b23-12-. The number of amides is 1. The number of carbonyl (C=O) groups excluding carboxylic acids is 1. The highest BCUT2D eigenvalue weighted by Gasteiger charge is 2.23. The molecule has 0 aliphatic heterocycles. The molecular weight excluding hydrogens is 433 g/mol. The molecule has 0 aliphatic carbocycles. The van der Waals surface area contributed by atoms with Gasteiger partial charge in [0, 0.05) is 5.56 Å². The molecule has 3 rings (SSSR count). The first kappa shape index (κ1) is 21.1. The zero-order chi connectivity index (χ0) is 21.0. The molecule has 0 saturated heterocycles. The van der Waals surface area contributed by atoms with Crippen LogP contribution < -0.4 is 9.73 Å². The van der Waals surface area contributed by atoms with Crippen molar-refractivity contribution >= 4 is 61.8 Å². The predicted molar refractivity (Wildman–Crippen MR) is 118 cm³/mol. The highest BCUT2D eigenvalue weighted by molar-refractivity contribution is 7.92. The molecule has 3 aromatic carbocycles. The zero-order valence-electron chi connectivity index (χ0n) is 15.3. The normalized spacial score (nSPS) is 11.7. The smallest absolute Gasteiger partial charge is 0.260 e. The molecule has 0 bridgehead atoms. The van der Waals surface area contributed by atoms with Gasteiger partial charge >= 0.3 is 0 Å². The van der Waals surface area contributed by atoms with Gasteiger partial charge in [0.1, 0.15) is 6.54 Å². The Morgan fingerprint density at radius 2 is 1.76 bits per heavy atom. The molecule has 150 valence electrons. The van der Waals surface area contributed by atoms with Gasteiger partial charge in [0.2, 0.25) is 10.0 Å². The molecule has 0 heterocycles. The van der Waals surface area contributed by atoms with E-state index in [1.54, 1.807) is 6.07 Å². The summed E-state index contributed by atoms with van der Waals surface area (Å²) in [5, 5.41) is 6.22. The van der Waals surface area contributed by atoms with Crippen molar-refractivity contribution in [2.24, 2.45) is 5.10 Å². The fourth-order valence-corrected chi connectivity index (χ4v) is 4.08. The van der Waals surface area contributed by atoms with Gasteiger partial charge in [-0.25, -0.2) is 13.8 Å². The average molecular weight is 450 g/mol. The number of hydrogen-bond acceptors (Lipinski definition) is 4. The first-order chi connectivity index (χ1) is 13.8. The van der Waals surface area contributed by atoms with Gasteiger partial charge in [-0.2, -0.15) is 5.10 Å². The summed E-state index contributed by atoms with van der Waals surface area (Å²) in [5.41, 5.74) is 3.29. The van der Waals surface area contributed by atoms with Gasteiger partial charge in [-0.3, -0.25) is 9.10 Å². The summed E-state index contributed by atoms with van der Waals surface area (Å²) in [7, 11) is -3.78. The fraction of sp³-hybridized carbons (Fsp3) is 0.100. The first-order valence-electron chi connectivity index (χ1n) is 8.49. The highest BCUT2D eigenvalue weighted by atomic mass is 35.5. The monoisotopic (exact) mass is 449 g/mol. The Labute approximate surface area is 178 Å². The van der Waals surface area contributed by atoms with E-state index in [0.29, 0.717) is 0 Å². The lowest BCUT2D eigenvalue weighted by atomic mass is 10.1. The third-order valence-electron chi connectivity index (χ3n) is 4.10. The summed E-state index contributed by atoms with van der Waals surface area (Å²) in [4.78, 5) is 12.3. The van der Waals surface area contributed by atoms with Crippen LogP contribution in [0.3, 0.4) is 0 Å². The molecular formula is C20H17Cl2N3O3S. The molecule has 0 saturated carbocycles. The Kier molecular flexibility index (Phi) is 6.42. The van der Waals surface area contributed by atoms with E-state index in [1.165, 1.54) is 18.3 Å². The van der Waals surface area contributed by atoms with Gasteiger partial charge in [-0.05, 0) is 22.9 Å². The number of fused-ring (bicyclic) bond motifs is 1. The molecule has 6 nitrogen and oxygen atoms in total. The number of halogens is 2. The zero-order valence-corrected chi connectivity index (χ0v) is 17.7. The highest BCUT2D eigenvalue weighted by Crippen LogP contribution is 2.33. The van der Waals surface area contributed by atoms with E-state index in [-0.39, 0.29) is 15.7 Å². The lowest BCUT2D eigenvalue weighted by Gasteiger charge is -2.22. The molecule has 0 radical (unpaired) electrons. The van der Waals surface area contributed by atoms with Crippen LogP contribution in [0.4, 0.5) is 5.69 Å². The van der Waals surface area contributed by atoms with Crippen LogP contribution in [0.25, 0.3) is 10.8 Å². The van der Waals surface area contributed by atoms with E-state index in [0.717, 1.165) is 26.9 Å². The summed E-state index contributed by atoms with van der Waals surface area (Å²) < 4.78 is 25.2. The molecule has 0 unspecified atom stereocenters. The Morgan fingerprint density at radius 1 is 1.07 bits per heavy atom. The van der Waals surface area contributed by atoms with Crippen molar-refractivity contribution in [2.45, 2.75) is 0 Å². The van der Waals surface area contributed by atoms with E-state index in [9.17, 15) is 13.2 Å². The number of rotatable bonds is 6. The summed E-state index contributed by atoms with van der Waals surface area (Å²) >= 11 is 12.1. The minimum absolute atomic E-state index is 0.0478. The second kappa shape index (κ2) is 8.82. The molecule has 1 amide bonds. The minimum Gasteiger partial charge on any atom is -0.271 e. The molecule has 0 atom stereocenters. The number of hydrazone groups is 1. The summed E-state index contributed by atoms with van der Waals surface area (Å²) in [5.74, 6) is -0.622. The van der Waals surface area contributed by atoms with Crippen molar-refractivity contribution in [3.63, 3.8) is 0 Å². The van der Waals surface area contributed by atoms with Crippen molar-refractivity contribution in [2.75, 3.05) is 17.1 Å². The molecule has 1 N–H and O–H groups in total. The van der Waals surface area contributed by atoms with Crippen molar-refractivity contribution in [1.29, 1.82) is 0 Å².